The fourth-order valence-corrected chi connectivity index (χ4v) is 3.49. The molecule has 0 unspecified atom stereocenters. The van der Waals surface area contributed by atoms with Crippen LogP contribution in [0, 0.1) is 0 Å². The zero-order chi connectivity index (χ0) is 23.0. The van der Waals surface area contributed by atoms with Gasteiger partial charge >= 0.3 is 6.18 Å². The van der Waals surface area contributed by atoms with Gasteiger partial charge in [0.2, 0.25) is 5.28 Å². The largest absolute Gasteiger partial charge is 0.416 e. The molecule has 31 heavy (non-hydrogen) atoms. The van der Waals surface area contributed by atoms with Crippen LogP contribution < -0.4 is 5.32 Å². The maximum Gasteiger partial charge on any atom is 0.416 e. The minimum Gasteiger partial charge on any atom is -0.390 e. The lowest BCUT2D eigenvalue weighted by molar-refractivity contribution is -0.139. The van der Waals surface area contributed by atoms with Crippen LogP contribution in [-0.4, -0.2) is 32.6 Å². The minimum absolute atomic E-state index is 0.0361. The van der Waals surface area contributed by atoms with Crippen molar-refractivity contribution in [3.63, 3.8) is 0 Å². The van der Waals surface area contributed by atoms with Crippen LogP contribution in [0.5, 0.6) is 0 Å². The number of hydrogen-bond acceptors (Lipinski definition) is 5. The molecule has 0 fully saturated rings. The number of pyridine rings is 1. The van der Waals surface area contributed by atoms with E-state index in [0.29, 0.717) is 10.9 Å². The van der Waals surface area contributed by atoms with Gasteiger partial charge in [0.25, 0.3) is 5.92 Å². The van der Waals surface area contributed by atoms with Crippen LogP contribution in [0.3, 0.4) is 0 Å². The third-order valence-electron chi connectivity index (χ3n) is 4.53. The maximum atomic E-state index is 13.9. The van der Waals surface area contributed by atoms with E-state index in [1.165, 1.54) is 25.3 Å². The Labute approximate surface area is 183 Å². The molecule has 2 aromatic heterocycles. The molecule has 0 radical (unpaired) electrons. The average molecular weight is 481 g/mol. The summed E-state index contributed by atoms with van der Waals surface area (Å²) in [6.45, 7) is -0.0984. The Morgan fingerprint density at radius 1 is 1.13 bits per heavy atom. The van der Waals surface area contributed by atoms with Crippen LogP contribution in [0.25, 0.3) is 10.9 Å². The molecule has 0 spiro atoms. The highest BCUT2D eigenvalue weighted by atomic mass is 35.5. The number of halogens is 7. The molecule has 0 amide bonds. The number of aromatic nitrogens is 3. The fraction of sp³-hybridized carbons (Fsp3) is 0.316. The van der Waals surface area contributed by atoms with Crippen LogP contribution >= 0.6 is 23.2 Å². The Hall–Kier alpha value is -2.30. The van der Waals surface area contributed by atoms with E-state index in [9.17, 15) is 22.0 Å². The molecule has 166 valence electrons. The van der Waals surface area contributed by atoms with Gasteiger partial charge in [0.05, 0.1) is 23.3 Å². The summed E-state index contributed by atoms with van der Waals surface area (Å²) in [7, 11) is 0. The van der Waals surface area contributed by atoms with Gasteiger partial charge in [0, 0.05) is 11.8 Å². The van der Waals surface area contributed by atoms with Crippen LogP contribution in [0.15, 0.2) is 30.5 Å². The van der Waals surface area contributed by atoms with Crippen molar-refractivity contribution in [1.82, 2.24) is 15.0 Å². The van der Waals surface area contributed by atoms with E-state index < -0.39 is 42.3 Å². The van der Waals surface area contributed by atoms with Crippen LogP contribution in [-0.2, 0) is 12.6 Å². The standard InChI is InChI=1S/C19H15Cl2F5N4O/c1-9(28-16-11-5-15(20)27-7-14(11)29-17(21)30-16)10-3-2-4-13(19(24,25)26)12(10)6-18(22,23)8-31/h2-5,7,9,31H,6,8H2,1H3,(H,28,29,30)/t9-/m1/s1. The number of fused-ring (bicyclic) bond motifs is 1. The lowest BCUT2D eigenvalue weighted by atomic mass is 9.91. The monoisotopic (exact) mass is 480 g/mol. The van der Waals surface area contributed by atoms with E-state index in [0.717, 1.165) is 12.1 Å². The van der Waals surface area contributed by atoms with Crippen molar-refractivity contribution in [2.24, 2.45) is 0 Å². The zero-order valence-electron chi connectivity index (χ0n) is 15.8. The van der Waals surface area contributed by atoms with Crippen LogP contribution in [0.2, 0.25) is 10.4 Å². The number of nitrogens with one attached hydrogen (secondary N) is 1. The van der Waals surface area contributed by atoms with Crippen LogP contribution in [0.1, 0.15) is 29.7 Å². The lowest BCUT2D eigenvalue weighted by Crippen LogP contribution is -2.28. The third kappa shape index (κ3) is 5.31. The van der Waals surface area contributed by atoms with Gasteiger partial charge in [-0.25, -0.2) is 23.7 Å². The van der Waals surface area contributed by atoms with E-state index in [1.54, 1.807) is 0 Å². The molecule has 0 bridgehead atoms. The summed E-state index contributed by atoms with van der Waals surface area (Å²) in [6, 6.07) is 3.70. The quantitative estimate of drug-likeness (QED) is 0.269. The highest BCUT2D eigenvalue weighted by molar-refractivity contribution is 6.30. The molecule has 0 aliphatic rings. The number of aliphatic hydroxyl groups excluding tert-OH is 1. The Balaban J connectivity index is 2.09. The molecule has 0 saturated carbocycles. The second-order valence-electron chi connectivity index (χ2n) is 6.79. The molecule has 0 saturated heterocycles. The van der Waals surface area contributed by atoms with Gasteiger partial charge < -0.3 is 10.4 Å². The maximum absolute atomic E-state index is 13.9. The summed E-state index contributed by atoms with van der Waals surface area (Å²) < 4.78 is 68.3. The molecular weight excluding hydrogens is 466 g/mol. The molecule has 2 heterocycles. The van der Waals surface area contributed by atoms with Crippen molar-refractivity contribution in [3.05, 3.63) is 57.6 Å². The molecule has 2 N–H and O–H groups in total. The molecular formula is C19H15Cl2F5N4O. The highest BCUT2D eigenvalue weighted by Crippen LogP contribution is 2.38. The normalized spacial score (nSPS) is 13.5. The van der Waals surface area contributed by atoms with Gasteiger partial charge in [-0.05, 0) is 41.8 Å². The van der Waals surface area contributed by atoms with E-state index in [2.05, 4.69) is 20.3 Å². The number of hydrogen-bond donors (Lipinski definition) is 2. The minimum atomic E-state index is -4.86. The third-order valence-corrected chi connectivity index (χ3v) is 4.90. The molecule has 0 aliphatic carbocycles. The highest BCUT2D eigenvalue weighted by Gasteiger charge is 2.39. The van der Waals surface area contributed by atoms with Gasteiger partial charge in [-0.3, -0.25) is 0 Å². The van der Waals surface area contributed by atoms with Crippen LogP contribution in [0.4, 0.5) is 27.8 Å². The second-order valence-corrected chi connectivity index (χ2v) is 7.52. The van der Waals surface area contributed by atoms with Gasteiger partial charge in [-0.2, -0.15) is 13.2 Å². The van der Waals surface area contributed by atoms with E-state index in [-0.39, 0.29) is 21.8 Å². The van der Waals surface area contributed by atoms with E-state index >= 15 is 0 Å². The van der Waals surface area contributed by atoms with Crippen molar-refractivity contribution in [1.29, 1.82) is 0 Å². The Kier molecular flexibility index (Phi) is 6.54. The first-order valence-corrected chi connectivity index (χ1v) is 9.60. The van der Waals surface area contributed by atoms with Gasteiger partial charge in [0.15, 0.2) is 0 Å². The summed E-state index contributed by atoms with van der Waals surface area (Å²) in [5.41, 5.74) is -1.54. The molecule has 1 atom stereocenters. The van der Waals surface area contributed by atoms with Gasteiger partial charge in [0.1, 0.15) is 17.6 Å². The van der Waals surface area contributed by atoms with Gasteiger partial charge in [-0.1, -0.05) is 23.7 Å². The Morgan fingerprint density at radius 2 is 1.84 bits per heavy atom. The first-order valence-electron chi connectivity index (χ1n) is 8.84. The number of nitrogens with zero attached hydrogens (tertiary/aromatic N) is 3. The number of benzene rings is 1. The topological polar surface area (TPSA) is 70.9 Å². The number of aliphatic hydroxyl groups is 1. The number of alkyl halides is 5. The van der Waals surface area contributed by atoms with Crippen molar-refractivity contribution in [2.45, 2.75) is 31.5 Å². The average Bonchev–Trinajstić information content (AvgIpc) is 2.67. The van der Waals surface area contributed by atoms with Crippen molar-refractivity contribution in [3.8, 4) is 0 Å². The summed E-state index contributed by atoms with van der Waals surface area (Å²) >= 11 is 11.8. The molecule has 5 nitrogen and oxygen atoms in total. The van der Waals surface area contributed by atoms with E-state index in [4.69, 9.17) is 28.3 Å². The Morgan fingerprint density at radius 3 is 2.48 bits per heavy atom. The SMILES string of the molecule is C[C@@H](Nc1nc(Cl)nc2cnc(Cl)cc12)c1cccc(C(F)(F)F)c1CC(F)(F)CO. The fourth-order valence-electron chi connectivity index (χ4n) is 3.16. The predicted octanol–water partition coefficient (Wildman–Crippen LogP) is 5.69. The lowest BCUT2D eigenvalue weighted by Gasteiger charge is -2.24. The van der Waals surface area contributed by atoms with Crippen molar-refractivity contribution in [2.75, 3.05) is 11.9 Å². The second kappa shape index (κ2) is 8.68. The molecule has 12 heteroatoms. The van der Waals surface area contributed by atoms with E-state index in [1.807, 2.05) is 0 Å². The molecule has 3 rings (SSSR count). The molecule has 3 aromatic rings. The number of anilines is 1. The molecule has 1 aromatic carbocycles. The summed E-state index contributed by atoms with van der Waals surface area (Å²) in [4.78, 5) is 11.9. The summed E-state index contributed by atoms with van der Waals surface area (Å²) in [6.07, 6.45) is -4.80. The van der Waals surface area contributed by atoms with Crippen molar-refractivity contribution < 1.29 is 27.1 Å². The number of rotatable bonds is 6. The molecule has 0 aliphatic heterocycles. The summed E-state index contributed by atoms with van der Waals surface area (Å²) in [5.74, 6) is -3.59. The zero-order valence-corrected chi connectivity index (χ0v) is 17.3. The summed E-state index contributed by atoms with van der Waals surface area (Å²) in [5, 5.41) is 12.2. The first kappa shape index (κ1) is 23.4. The Bertz CT molecular complexity index is 1110. The smallest absolute Gasteiger partial charge is 0.390 e. The first-order chi connectivity index (χ1) is 14.4. The predicted molar refractivity (Wildman–Crippen MR) is 107 cm³/mol. The van der Waals surface area contributed by atoms with Gasteiger partial charge in [-0.15, -0.1) is 0 Å². The van der Waals surface area contributed by atoms with Crippen molar-refractivity contribution >= 4 is 39.9 Å².